The fourth-order valence-corrected chi connectivity index (χ4v) is 4.93. The first-order valence-electron chi connectivity index (χ1n) is 13.0. The molecule has 3 saturated heterocycles. The van der Waals surface area contributed by atoms with E-state index in [1.165, 1.54) is 0 Å². The van der Waals surface area contributed by atoms with Crippen molar-refractivity contribution in [2.75, 3.05) is 72.7 Å². The molecule has 0 spiro atoms. The molecule has 9 heteroatoms. The van der Waals surface area contributed by atoms with Crippen molar-refractivity contribution in [3.8, 4) is 0 Å². The first-order valence-corrected chi connectivity index (χ1v) is 14.2. The molecule has 0 amide bonds. The normalized spacial score (nSPS) is 25.5. The van der Waals surface area contributed by atoms with Crippen LogP contribution in [0.5, 0.6) is 0 Å². The monoisotopic (exact) mass is 490 g/mol. The third-order valence-electron chi connectivity index (χ3n) is 6.40. The summed E-state index contributed by atoms with van der Waals surface area (Å²) in [6.07, 6.45) is 9.68. The maximum Gasteiger partial charge on any atom is 0.304 e. The molecule has 3 unspecified atom stereocenters. The molecule has 0 aromatic carbocycles. The van der Waals surface area contributed by atoms with Crippen LogP contribution in [-0.2, 0) is 37.3 Å². The van der Waals surface area contributed by atoms with Crippen LogP contribution in [-0.4, -0.2) is 101 Å². The van der Waals surface area contributed by atoms with E-state index in [0.717, 1.165) is 124 Å². The zero-order chi connectivity index (χ0) is 23.0. The molecule has 3 aliphatic heterocycles. The molecule has 3 fully saturated rings. The number of epoxide rings is 3. The lowest BCUT2D eigenvalue weighted by molar-refractivity contribution is 0.0609. The van der Waals surface area contributed by atoms with Crippen LogP contribution >= 0.6 is 0 Å². The van der Waals surface area contributed by atoms with Crippen LogP contribution < -0.4 is 0 Å². The van der Waals surface area contributed by atoms with Gasteiger partial charge in [0.25, 0.3) is 0 Å². The summed E-state index contributed by atoms with van der Waals surface area (Å²) in [7, 11) is -0.873. The van der Waals surface area contributed by atoms with Crippen LogP contribution in [0.2, 0.25) is 0 Å². The van der Waals surface area contributed by atoms with Crippen molar-refractivity contribution in [1.82, 2.24) is 0 Å². The molecular weight excluding hydrogens is 444 g/mol. The fraction of sp³-hybridized carbons (Fsp3) is 1.00. The van der Waals surface area contributed by atoms with Crippen molar-refractivity contribution in [2.24, 2.45) is 5.41 Å². The number of hydrogen-bond donors (Lipinski definition) is 0. The summed E-state index contributed by atoms with van der Waals surface area (Å²) >= 11 is 0. The molecule has 0 radical (unpaired) electrons. The van der Waals surface area contributed by atoms with Gasteiger partial charge in [-0.05, 0) is 56.8 Å². The summed E-state index contributed by atoms with van der Waals surface area (Å²) in [5, 5.41) is 0. The summed E-state index contributed by atoms with van der Waals surface area (Å²) in [5.74, 6) is 0. The van der Waals surface area contributed by atoms with Gasteiger partial charge in [-0.15, -0.1) is 0 Å². The van der Waals surface area contributed by atoms with Gasteiger partial charge in [-0.2, -0.15) is 0 Å². The lowest BCUT2D eigenvalue weighted by Crippen LogP contribution is -2.26. The van der Waals surface area contributed by atoms with E-state index >= 15 is 0 Å². The lowest BCUT2D eigenvalue weighted by atomic mass is 9.73. The van der Waals surface area contributed by atoms with Crippen LogP contribution in [0.1, 0.15) is 58.3 Å². The lowest BCUT2D eigenvalue weighted by Gasteiger charge is -2.35. The second-order valence-electron chi connectivity index (χ2n) is 9.59. The fourth-order valence-electron chi connectivity index (χ4n) is 4.14. The Morgan fingerprint density at radius 1 is 0.636 bits per heavy atom. The molecule has 3 rings (SSSR count). The molecule has 0 aromatic heterocycles. The minimum Gasteiger partial charge on any atom is -0.399 e. The van der Waals surface area contributed by atoms with Crippen molar-refractivity contribution >= 4 is 10.0 Å². The highest BCUT2D eigenvalue weighted by molar-refractivity contribution is 6.17. The minimum absolute atomic E-state index is 0.220. The summed E-state index contributed by atoms with van der Waals surface area (Å²) < 4.78 is 44.8. The van der Waals surface area contributed by atoms with E-state index in [2.05, 4.69) is 6.92 Å². The van der Waals surface area contributed by atoms with Gasteiger partial charge in [0, 0.05) is 33.0 Å². The van der Waals surface area contributed by atoms with Gasteiger partial charge in [-0.3, -0.25) is 0 Å². The molecule has 0 N–H and O–H groups in total. The van der Waals surface area contributed by atoms with Crippen LogP contribution in [0.4, 0.5) is 0 Å². The molecule has 0 bridgehead atoms. The first-order chi connectivity index (χ1) is 16.3. The quantitative estimate of drug-likeness (QED) is 0.110. The number of rotatable bonds is 25. The molecule has 3 atom stereocenters. The average Bonchev–Trinajstić information content (AvgIpc) is 3.66. The van der Waals surface area contributed by atoms with Gasteiger partial charge in [0.2, 0.25) is 0 Å². The maximum absolute atomic E-state index is 5.97. The highest BCUT2D eigenvalue weighted by Crippen LogP contribution is 2.39. The molecule has 3 heterocycles. The summed E-state index contributed by atoms with van der Waals surface area (Å²) in [6.45, 7) is 10.8. The SMILES string of the molecule is CCCO[SiH2]OCCC(CCCOCC1CO1)(CCCOCC1CO1)CCCOCC1CO1. The van der Waals surface area contributed by atoms with Gasteiger partial charge in [0.05, 0.1) is 39.6 Å². The molecule has 0 aromatic rings. The third kappa shape index (κ3) is 14.1. The van der Waals surface area contributed by atoms with Crippen LogP contribution in [0, 0.1) is 5.41 Å². The van der Waals surface area contributed by atoms with E-state index in [0.29, 0.717) is 18.3 Å². The smallest absolute Gasteiger partial charge is 0.304 e. The Labute approximate surface area is 202 Å². The third-order valence-corrected chi connectivity index (χ3v) is 7.31. The summed E-state index contributed by atoms with van der Waals surface area (Å²) in [6, 6.07) is 0. The van der Waals surface area contributed by atoms with Crippen LogP contribution in [0.25, 0.3) is 0 Å². The van der Waals surface area contributed by atoms with Crippen molar-refractivity contribution in [2.45, 2.75) is 76.6 Å². The van der Waals surface area contributed by atoms with Crippen LogP contribution in [0.3, 0.4) is 0 Å². The van der Waals surface area contributed by atoms with E-state index < -0.39 is 10.0 Å². The highest BCUT2D eigenvalue weighted by Gasteiger charge is 2.30. The van der Waals surface area contributed by atoms with E-state index in [4.69, 9.17) is 37.3 Å². The van der Waals surface area contributed by atoms with Gasteiger partial charge in [0.1, 0.15) is 18.3 Å². The standard InChI is InChI=1S/C24H46O8Si/c1-2-10-31-33-32-14-9-24(6-3-11-25-15-21-18-28-21,7-4-12-26-16-22-19-29-22)8-5-13-27-17-23-20-30-23/h21-23H,2-20,33H2,1H3. The average molecular weight is 491 g/mol. The topological polar surface area (TPSA) is 83.7 Å². The summed E-state index contributed by atoms with van der Waals surface area (Å²) in [5.41, 5.74) is 0.220. The van der Waals surface area contributed by atoms with Gasteiger partial charge in [-0.25, -0.2) is 0 Å². The maximum atomic E-state index is 5.97. The second-order valence-corrected chi connectivity index (χ2v) is 10.6. The molecule has 3 aliphatic rings. The van der Waals surface area contributed by atoms with E-state index in [1.807, 2.05) is 0 Å². The van der Waals surface area contributed by atoms with Crippen molar-refractivity contribution < 1.29 is 37.3 Å². The van der Waals surface area contributed by atoms with Crippen LogP contribution in [0.15, 0.2) is 0 Å². The van der Waals surface area contributed by atoms with Gasteiger partial charge in [-0.1, -0.05) is 6.92 Å². The Kier molecular flexibility index (Phi) is 13.8. The van der Waals surface area contributed by atoms with E-state index in [-0.39, 0.29) is 5.41 Å². The van der Waals surface area contributed by atoms with Crippen molar-refractivity contribution in [3.05, 3.63) is 0 Å². The van der Waals surface area contributed by atoms with Gasteiger partial charge < -0.3 is 37.3 Å². The Morgan fingerprint density at radius 2 is 1.06 bits per heavy atom. The Balaban J connectivity index is 1.41. The Morgan fingerprint density at radius 3 is 1.45 bits per heavy atom. The Hall–Kier alpha value is -0.103. The van der Waals surface area contributed by atoms with Crippen molar-refractivity contribution in [3.63, 3.8) is 0 Å². The van der Waals surface area contributed by atoms with E-state index in [1.54, 1.807) is 0 Å². The van der Waals surface area contributed by atoms with Gasteiger partial charge in [0.15, 0.2) is 0 Å². The Bertz CT molecular complexity index is 430. The molecule has 33 heavy (non-hydrogen) atoms. The predicted molar refractivity (Wildman–Crippen MR) is 127 cm³/mol. The number of hydrogen-bond acceptors (Lipinski definition) is 8. The first kappa shape index (κ1) is 27.5. The van der Waals surface area contributed by atoms with Gasteiger partial charge >= 0.3 is 10.0 Å². The largest absolute Gasteiger partial charge is 0.399 e. The van der Waals surface area contributed by atoms with Crippen molar-refractivity contribution in [1.29, 1.82) is 0 Å². The molecule has 0 saturated carbocycles. The zero-order valence-electron chi connectivity index (χ0n) is 20.6. The number of ether oxygens (including phenoxy) is 6. The molecule has 0 aliphatic carbocycles. The zero-order valence-corrected chi connectivity index (χ0v) is 22.1. The van der Waals surface area contributed by atoms with E-state index in [9.17, 15) is 0 Å². The molecule has 8 nitrogen and oxygen atoms in total. The second kappa shape index (κ2) is 16.5. The molecule has 194 valence electrons. The predicted octanol–water partition coefficient (Wildman–Crippen LogP) is 2.39. The molecular formula is C24H46O8Si. The highest BCUT2D eigenvalue weighted by atomic mass is 28.3. The minimum atomic E-state index is -0.873. The summed E-state index contributed by atoms with van der Waals surface area (Å²) in [4.78, 5) is 0.